The molecule has 0 radical (unpaired) electrons. The molecular formula is C30H31N3O4. The van der Waals surface area contributed by atoms with E-state index >= 15 is 0 Å². The number of benzene rings is 3. The third-order valence-electron chi connectivity index (χ3n) is 7.47. The number of carboxylic acid groups (broad SMARTS) is 1. The third-order valence-corrected chi connectivity index (χ3v) is 7.47. The molecule has 7 nitrogen and oxygen atoms in total. The summed E-state index contributed by atoms with van der Waals surface area (Å²) in [5.41, 5.74) is 5.75. The van der Waals surface area contributed by atoms with Crippen LogP contribution in [0.2, 0.25) is 0 Å². The summed E-state index contributed by atoms with van der Waals surface area (Å²) in [6.07, 6.45) is 2.11. The molecular weight excluding hydrogens is 466 g/mol. The fraction of sp³-hybridized carbons (Fsp3) is 0.333. The Hall–Kier alpha value is -3.68. The Morgan fingerprint density at radius 1 is 1.14 bits per heavy atom. The van der Waals surface area contributed by atoms with Crippen molar-refractivity contribution < 1.29 is 19.4 Å². The maximum atomic E-state index is 11.6. The van der Waals surface area contributed by atoms with E-state index in [1.165, 1.54) is 11.1 Å². The number of ether oxygens (including phenoxy) is 2. The molecule has 2 aliphatic rings. The first-order valence-corrected chi connectivity index (χ1v) is 12.9. The van der Waals surface area contributed by atoms with E-state index in [1.54, 1.807) is 12.1 Å². The van der Waals surface area contributed by atoms with Crippen molar-refractivity contribution >= 4 is 17.0 Å². The summed E-state index contributed by atoms with van der Waals surface area (Å²) < 4.78 is 14.1. The fourth-order valence-corrected chi connectivity index (χ4v) is 5.26. The molecule has 2 atom stereocenters. The van der Waals surface area contributed by atoms with Crippen molar-refractivity contribution in [3.63, 3.8) is 0 Å². The molecule has 37 heavy (non-hydrogen) atoms. The summed E-state index contributed by atoms with van der Waals surface area (Å²) in [6, 6.07) is 21.9. The first-order valence-electron chi connectivity index (χ1n) is 12.9. The fourth-order valence-electron chi connectivity index (χ4n) is 5.26. The maximum Gasteiger partial charge on any atom is 0.335 e. The molecule has 1 N–H and O–H groups in total. The van der Waals surface area contributed by atoms with Gasteiger partial charge in [0, 0.05) is 19.7 Å². The molecule has 0 saturated carbocycles. The van der Waals surface area contributed by atoms with E-state index in [0.717, 1.165) is 60.7 Å². The number of carboxylic acids is 1. The highest BCUT2D eigenvalue weighted by atomic mass is 16.5. The summed E-state index contributed by atoms with van der Waals surface area (Å²) in [4.78, 5) is 18.9. The molecule has 4 aromatic rings. The van der Waals surface area contributed by atoms with Crippen LogP contribution in [0.5, 0.6) is 5.75 Å². The number of aromatic carboxylic acids is 1. The van der Waals surface area contributed by atoms with Crippen molar-refractivity contribution in [1.82, 2.24) is 14.5 Å². The largest absolute Gasteiger partial charge is 0.486 e. The van der Waals surface area contributed by atoms with Crippen LogP contribution in [0.3, 0.4) is 0 Å². The number of hydrogen-bond donors (Lipinski definition) is 1. The molecule has 2 aliphatic heterocycles. The summed E-state index contributed by atoms with van der Waals surface area (Å²) >= 11 is 0. The Morgan fingerprint density at radius 2 is 1.97 bits per heavy atom. The quantitative estimate of drug-likeness (QED) is 0.360. The summed E-state index contributed by atoms with van der Waals surface area (Å²) in [6.45, 7) is 5.99. The second kappa shape index (κ2) is 10.00. The second-order valence-electron chi connectivity index (χ2n) is 9.99. The van der Waals surface area contributed by atoms with E-state index < -0.39 is 5.97 Å². The molecule has 3 heterocycles. The molecule has 0 spiro atoms. The molecule has 1 unspecified atom stereocenters. The lowest BCUT2D eigenvalue weighted by Crippen LogP contribution is -2.34. The number of fused-ring (bicyclic) bond motifs is 2. The van der Waals surface area contributed by atoms with Crippen LogP contribution >= 0.6 is 0 Å². The first kappa shape index (κ1) is 23.7. The highest BCUT2D eigenvalue weighted by molar-refractivity contribution is 5.92. The number of imidazole rings is 1. The molecule has 3 aromatic carbocycles. The monoisotopic (exact) mass is 497 g/mol. The Balaban J connectivity index is 1.22. The van der Waals surface area contributed by atoms with Gasteiger partial charge in [0.1, 0.15) is 17.7 Å². The minimum Gasteiger partial charge on any atom is -0.486 e. The van der Waals surface area contributed by atoms with E-state index in [4.69, 9.17) is 14.5 Å². The first-order chi connectivity index (χ1) is 18.0. The zero-order valence-electron chi connectivity index (χ0n) is 21.0. The van der Waals surface area contributed by atoms with Crippen molar-refractivity contribution in [2.45, 2.75) is 51.6 Å². The van der Waals surface area contributed by atoms with Crippen LogP contribution in [0, 0.1) is 0 Å². The number of aromatic nitrogens is 2. The molecule has 1 saturated heterocycles. The highest BCUT2D eigenvalue weighted by Gasteiger charge is 2.25. The molecule has 1 fully saturated rings. The minimum absolute atomic E-state index is 0.0248. The van der Waals surface area contributed by atoms with Gasteiger partial charge in [-0.3, -0.25) is 4.90 Å². The number of hydrogen-bond acceptors (Lipinski definition) is 5. The van der Waals surface area contributed by atoms with E-state index in [-0.39, 0.29) is 17.8 Å². The maximum absolute atomic E-state index is 11.6. The van der Waals surface area contributed by atoms with Crippen LogP contribution in [0.15, 0.2) is 66.7 Å². The molecule has 1 aromatic heterocycles. The summed E-state index contributed by atoms with van der Waals surface area (Å²) in [5, 5.41) is 9.50. The van der Waals surface area contributed by atoms with Gasteiger partial charge in [-0.1, -0.05) is 36.4 Å². The number of carbonyl (C=O) groups is 1. The van der Waals surface area contributed by atoms with Gasteiger partial charge in [0.25, 0.3) is 0 Å². The Labute approximate surface area is 216 Å². The van der Waals surface area contributed by atoms with Crippen LogP contribution in [0.4, 0.5) is 0 Å². The third kappa shape index (κ3) is 4.97. The van der Waals surface area contributed by atoms with Crippen LogP contribution in [0.1, 0.15) is 52.3 Å². The smallest absolute Gasteiger partial charge is 0.335 e. The summed E-state index contributed by atoms with van der Waals surface area (Å²) in [7, 11) is 0. The Morgan fingerprint density at radius 3 is 2.73 bits per heavy atom. The van der Waals surface area contributed by atoms with Crippen LogP contribution in [0.25, 0.3) is 11.0 Å². The van der Waals surface area contributed by atoms with Gasteiger partial charge in [0.2, 0.25) is 0 Å². The predicted molar refractivity (Wildman–Crippen MR) is 141 cm³/mol. The number of nitrogens with zero attached hydrogens (tertiary/aromatic N) is 3. The summed E-state index contributed by atoms with van der Waals surface area (Å²) in [5.74, 6) is 0.900. The van der Waals surface area contributed by atoms with E-state index in [1.807, 2.05) is 24.3 Å². The molecule has 0 aliphatic carbocycles. The van der Waals surface area contributed by atoms with Gasteiger partial charge < -0.3 is 19.1 Å². The van der Waals surface area contributed by atoms with Crippen molar-refractivity contribution in [3.8, 4) is 5.75 Å². The Bertz CT molecular complexity index is 1430. The lowest BCUT2D eigenvalue weighted by atomic mass is 9.99. The Kier molecular flexibility index (Phi) is 6.40. The van der Waals surface area contributed by atoms with Crippen molar-refractivity contribution in [2.24, 2.45) is 0 Å². The van der Waals surface area contributed by atoms with Gasteiger partial charge in [0.15, 0.2) is 0 Å². The normalized spacial score (nSPS) is 18.2. The minimum atomic E-state index is -0.927. The van der Waals surface area contributed by atoms with Gasteiger partial charge in [-0.2, -0.15) is 0 Å². The topological polar surface area (TPSA) is 76.8 Å². The molecule has 7 heteroatoms. The number of rotatable bonds is 8. The van der Waals surface area contributed by atoms with Gasteiger partial charge in [-0.05, 0) is 66.8 Å². The predicted octanol–water partition coefficient (Wildman–Crippen LogP) is 5.22. The average Bonchev–Trinajstić information content (AvgIpc) is 3.22. The molecule has 0 amide bonds. The van der Waals surface area contributed by atoms with Gasteiger partial charge in [-0.25, -0.2) is 9.78 Å². The van der Waals surface area contributed by atoms with E-state index in [0.29, 0.717) is 13.1 Å². The molecule has 0 bridgehead atoms. The highest BCUT2D eigenvalue weighted by Crippen LogP contribution is 2.29. The van der Waals surface area contributed by atoms with Crippen molar-refractivity contribution in [3.05, 3.63) is 94.8 Å². The van der Waals surface area contributed by atoms with E-state index in [9.17, 15) is 9.90 Å². The standard InChI is InChI=1S/C30H31N3O4/c1-20(21-5-3-2-4-6-21)37-25-9-7-22-11-13-32(17-24(22)15-25)19-29-31-27-10-8-23(30(34)35)16-28(27)33(29)18-26-12-14-36-26/h2-10,15-16,20,26H,11-14,17-19H2,1H3,(H,34,35)/t20?,26-/m0/s1. The van der Waals surface area contributed by atoms with Gasteiger partial charge in [-0.15, -0.1) is 0 Å². The zero-order chi connectivity index (χ0) is 25.4. The van der Waals surface area contributed by atoms with Crippen molar-refractivity contribution in [2.75, 3.05) is 13.2 Å². The van der Waals surface area contributed by atoms with Crippen LogP contribution < -0.4 is 4.74 Å². The van der Waals surface area contributed by atoms with Crippen LogP contribution in [-0.2, 0) is 30.8 Å². The SMILES string of the molecule is CC(Oc1ccc2c(c1)CN(Cc1nc3ccc(C(=O)O)cc3n1C[C@@H]1CCO1)CC2)c1ccccc1. The van der Waals surface area contributed by atoms with Crippen molar-refractivity contribution in [1.29, 1.82) is 0 Å². The van der Waals surface area contributed by atoms with Gasteiger partial charge >= 0.3 is 5.97 Å². The molecule has 190 valence electrons. The van der Waals surface area contributed by atoms with Crippen LogP contribution in [-0.4, -0.2) is 44.8 Å². The van der Waals surface area contributed by atoms with E-state index in [2.05, 4.69) is 46.7 Å². The zero-order valence-corrected chi connectivity index (χ0v) is 21.0. The lowest BCUT2D eigenvalue weighted by Gasteiger charge is -2.31. The second-order valence-corrected chi connectivity index (χ2v) is 9.99. The van der Waals surface area contributed by atoms with Gasteiger partial charge in [0.05, 0.1) is 35.8 Å². The molecule has 6 rings (SSSR count). The lowest BCUT2D eigenvalue weighted by molar-refractivity contribution is -0.0592. The average molecular weight is 498 g/mol.